The molecule has 0 radical (unpaired) electrons. The monoisotopic (exact) mass is 234 g/mol. The molecule has 0 amide bonds. The minimum absolute atomic E-state index is 0.146. The molecule has 0 aliphatic heterocycles. The molecule has 0 bridgehead atoms. The zero-order chi connectivity index (χ0) is 11.6. The van der Waals surface area contributed by atoms with Crippen LogP contribution in [0, 0.1) is 5.92 Å². The first-order valence-electron chi connectivity index (χ1n) is 4.36. The average Bonchev–Trinajstić information content (AvgIpc) is 2.45. The van der Waals surface area contributed by atoms with E-state index in [1.807, 2.05) is 13.8 Å². The third-order valence-electron chi connectivity index (χ3n) is 1.67. The minimum atomic E-state index is -3.86. The highest BCUT2D eigenvalue weighted by Crippen LogP contribution is 2.15. The standard InChI is InChI=1S/C7H14N4O3S/c1-5(2)4-11-6(14-3)9-10-7(11)15(8,12)13/h5H,4H2,1-3H3,(H2,8,12,13). The van der Waals surface area contributed by atoms with Crippen LogP contribution in [0.5, 0.6) is 6.01 Å². The van der Waals surface area contributed by atoms with Gasteiger partial charge in [0.15, 0.2) is 0 Å². The van der Waals surface area contributed by atoms with Crippen molar-refractivity contribution >= 4 is 10.0 Å². The Morgan fingerprint density at radius 3 is 2.47 bits per heavy atom. The fraction of sp³-hybridized carbons (Fsp3) is 0.714. The summed E-state index contributed by atoms with van der Waals surface area (Å²) < 4.78 is 28.6. The Morgan fingerprint density at radius 2 is 2.07 bits per heavy atom. The first-order valence-corrected chi connectivity index (χ1v) is 5.91. The van der Waals surface area contributed by atoms with E-state index in [0.717, 1.165) is 0 Å². The van der Waals surface area contributed by atoms with Crippen LogP contribution < -0.4 is 9.88 Å². The molecule has 0 spiro atoms. The molecule has 1 aromatic heterocycles. The highest BCUT2D eigenvalue weighted by molar-refractivity contribution is 7.89. The normalized spacial score (nSPS) is 12.1. The smallest absolute Gasteiger partial charge is 0.317 e. The van der Waals surface area contributed by atoms with Crippen molar-refractivity contribution in [2.75, 3.05) is 7.11 Å². The van der Waals surface area contributed by atoms with E-state index >= 15 is 0 Å². The number of primary sulfonamides is 1. The molecule has 0 atom stereocenters. The zero-order valence-corrected chi connectivity index (χ0v) is 9.65. The summed E-state index contributed by atoms with van der Waals surface area (Å²) in [7, 11) is -2.46. The van der Waals surface area contributed by atoms with Crippen LogP contribution >= 0.6 is 0 Å². The van der Waals surface area contributed by atoms with Gasteiger partial charge in [-0.05, 0) is 5.92 Å². The maximum atomic E-state index is 11.2. The number of methoxy groups -OCH3 is 1. The molecule has 0 saturated heterocycles. The molecule has 0 aliphatic carbocycles. The quantitative estimate of drug-likeness (QED) is 0.763. The van der Waals surface area contributed by atoms with Gasteiger partial charge in [0, 0.05) is 6.54 Å². The van der Waals surface area contributed by atoms with Crippen molar-refractivity contribution in [2.45, 2.75) is 25.5 Å². The third-order valence-corrected chi connectivity index (χ3v) is 2.48. The summed E-state index contributed by atoms with van der Waals surface area (Å²) in [4.78, 5) is 0. The van der Waals surface area contributed by atoms with Crippen molar-refractivity contribution in [3.63, 3.8) is 0 Å². The Labute approximate surface area is 88.3 Å². The van der Waals surface area contributed by atoms with Crippen LogP contribution in [0.1, 0.15) is 13.8 Å². The van der Waals surface area contributed by atoms with Crippen molar-refractivity contribution in [3.05, 3.63) is 0 Å². The fourth-order valence-electron chi connectivity index (χ4n) is 1.16. The van der Waals surface area contributed by atoms with Crippen LogP contribution in [-0.2, 0) is 16.6 Å². The van der Waals surface area contributed by atoms with Crippen LogP contribution in [0.4, 0.5) is 0 Å². The average molecular weight is 234 g/mol. The van der Waals surface area contributed by atoms with Gasteiger partial charge >= 0.3 is 6.01 Å². The van der Waals surface area contributed by atoms with Crippen LogP contribution in [-0.4, -0.2) is 30.3 Å². The van der Waals surface area contributed by atoms with Crippen molar-refractivity contribution < 1.29 is 13.2 Å². The first-order chi connectivity index (χ1) is 6.86. The lowest BCUT2D eigenvalue weighted by Crippen LogP contribution is -2.20. The third kappa shape index (κ3) is 2.66. The summed E-state index contributed by atoms with van der Waals surface area (Å²) in [6.07, 6.45) is 0. The number of ether oxygens (including phenoxy) is 1. The Morgan fingerprint density at radius 1 is 1.47 bits per heavy atom. The molecule has 1 heterocycles. The molecule has 8 heteroatoms. The SMILES string of the molecule is COc1nnc(S(N)(=O)=O)n1CC(C)C. The second kappa shape index (κ2) is 4.15. The predicted octanol–water partition coefficient (Wildman–Crippen LogP) is -0.410. The largest absolute Gasteiger partial charge is 0.467 e. The number of aromatic nitrogens is 3. The molecule has 0 saturated carbocycles. The lowest BCUT2D eigenvalue weighted by molar-refractivity contribution is 0.336. The molecule has 0 aromatic carbocycles. The molecule has 7 nitrogen and oxygen atoms in total. The lowest BCUT2D eigenvalue weighted by Gasteiger charge is -2.09. The number of hydrogen-bond acceptors (Lipinski definition) is 5. The molecule has 15 heavy (non-hydrogen) atoms. The van der Waals surface area contributed by atoms with Crippen LogP contribution in [0.2, 0.25) is 0 Å². The number of sulfonamides is 1. The summed E-state index contributed by atoms with van der Waals surface area (Å²) in [6.45, 7) is 4.31. The van der Waals surface area contributed by atoms with Crippen molar-refractivity contribution in [3.8, 4) is 6.01 Å². The molecule has 0 aliphatic rings. The maximum absolute atomic E-state index is 11.2. The van der Waals surface area contributed by atoms with E-state index in [1.54, 1.807) is 0 Å². The molecule has 1 rings (SSSR count). The van der Waals surface area contributed by atoms with Gasteiger partial charge in [0.25, 0.3) is 15.2 Å². The number of nitrogens with two attached hydrogens (primary N) is 1. The van der Waals surface area contributed by atoms with Crippen molar-refractivity contribution in [1.29, 1.82) is 0 Å². The molecule has 86 valence electrons. The fourth-order valence-corrected chi connectivity index (χ4v) is 1.77. The van der Waals surface area contributed by atoms with Gasteiger partial charge in [0.2, 0.25) is 0 Å². The Hall–Kier alpha value is -1.15. The second-order valence-electron chi connectivity index (χ2n) is 3.52. The molecule has 1 aromatic rings. The van der Waals surface area contributed by atoms with Crippen LogP contribution in [0.25, 0.3) is 0 Å². The Balaban J connectivity index is 3.24. The van der Waals surface area contributed by atoms with Gasteiger partial charge in [0.1, 0.15) is 0 Å². The van der Waals surface area contributed by atoms with E-state index in [1.165, 1.54) is 11.7 Å². The summed E-state index contributed by atoms with van der Waals surface area (Å²) >= 11 is 0. The highest BCUT2D eigenvalue weighted by Gasteiger charge is 2.21. The molecule has 0 unspecified atom stereocenters. The Kier molecular flexibility index (Phi) is 3.30. The van der Waals surface area contributed by atoms with Crippen LogP contribution in [0.3, 0.4) is 0 Å². The van der Waals surface area contributed by atoms with E-state index in [9.17, 15) is 8.42 Å². The van der Waals surface area contributed by atoms with Gasteiger partial charge in [-0.3, -0.25) is 4.57 Å². The summed E-state index contributed by atoms with van der Waals surface area (Å²) in [6, 6.07) is 0.146. The minimum Gasteiger partial charge on any atom is -0.467 e. The van der Waals surface area contributed by atoms with E-state index < -0.39 is 10.0 Å². The van der Waals surface area contributed by atoms with Crippen molar-refractivity contribution in [2.24, 2.45) is 11.1 Å². The number of rotatable bonds is 4. The predicted molar refractivity (Wildman–Crippen MR) is 52.8 cm³/mol. The van der Waals surface area contributed by atoms with E-state index in [2.05, 4.69) is 10.2 Å². The van der Waals surface area contributed by atoms with Gasteiger partial charge < -0.3 is 4.74 Å². The molecule has 2 N–H and O–H groups in total. The maximum Gasteiger partial charge on any atom is 0.317 e. The summed E-state index contributed by atoms with van der Waals surface area (Å²) in [5, 5.41) is 11.8. The van der Waals surface area contributed by atoms with E-state index in [0.29, 0.717) is 6.54 Å². The van der Waals surface area contributed by atoms with Gasteiger partial charge in [0.05, 0.1) is 7.11 Å². The number of nitrogens with zero attached hydrogens (tertiary/aromatic N) is 3. The van der Waals surface area contributed by atoms with Crippen LogP contribution in [0.15, 0.2) is 5.16 Å². The lowest BCUT2D eigenvalue weighted by atomic mass is 10.2. The summed E-state index contributed by atoms with van der Waals surface area (Å²) in [5.41, 5.74) is 0. The van der Waals surface area contributed by atoms with E-state index in [4.69, 9.17) is 9.88 Å². The topological polar surface area (TPSA) is 100 Å². The molecular weight excluding hydrogens is 220 g/mol. The molecular formula is C7H14N4O3S. The summed E-state index contributed by atoms with van der Waals surface area (Å²) in [5.74, 6) is 0.232. The van der Waals surface area contributed by atoms with Gasteiger partial charge in [-0.25, -0.2) is 13.6 Å². The van der Waals surface area contributed by atoms with Crippen molar-refractivity contribution in [1.82, 2.24) is 14.8 Å². The van der Waals surface area contributed by atoms with E-state index in [-0.39, 0.29) is 17.1 Å². The Bertz CT molecular complexity index is 437. The van der Waals surface area contributed by atoms with Gasteiger partial charge in [-0.1, -0.05) is 18.9 Å². The van der Waals surface area contributed by atoms with Gasteiger partial charge in [-0.2, -0.15) is 0 Å². The highest BCUT2D eigenvalue weighted by atomic mass is 32.2. The first kappa shape index (κ1) is 11.9. The number of hydrogen-bond donors (Lipinski definition) is 1. The molecule has 0 fully saturated rings. The second-order valence-corrected chi connectivity index (χ2v) is 4.97. The zero-order valence-electron chi connectivity index (χ0n) is 8.84. The van der Waals surface area contributed by atoms with Gasteiger partial charge in [-0.15, -0.1) is 5.10 Å².